The minimum atomic E-state index is -1.07. The molecule has 2 saturated heterocycles. The number of hydrogen-bond acceptors (Lipinski definition) is 7. The van der Waals surface area contributed by atoms with Crippen LogP contribution in [0.15, 0.2) is 33.6 Å². The zero-order valence-corrected chi connectivity index (χ0v) is 19.7. The maximum absolute atomic E-state index is 12.6. The molecule has 1 aliphatic carbocycles. The Bertz CT molecular complexity index is 988. The van der Waals surface area contributed by atoms with Gasteiger partial charge < -0.3 is 24.8 Å². The molecule has 4 heterocycles. The van der Waals surface area contributed by atoms with Gasteiger partial charge >= 0.3 is 0 Å². The molecule has 0 spiro atoms. The SMILES string of the molecule is [O-][S+]1CCc2nc(N3C4CCC3CN(c3ccc(Br)cc3)C4)nc(NC3(CO)CC3)c21. The first-order valence-corrected chi connectivity index (χ1v) is 13.1. The second-order valence-corrected chi connectivity index (χ2v) is 11.6. The van der Waals surface area contributed by atoms with Crippen LogP contribution in [0.2, 0.25) is 0 Å². The van der Waals surface area contributed by atoms with Crippen molar-refractivity contribution in [2.24, 2.45) is 0 Å². The number of nitrogens with one attached hydrogen (secondary N) is 1. The first kappa shape index (κ1) is 20.1. The van der Waals surface area contributed by atoms with Crippen molar-refractivity contribution in [3.63, 3.8) is 0 Å². The maximum Gasteiger partial charge on any atom is 0.228 e. The second-order valence-electron chi connectivity index (χ2n) is 9.18. The number of halogens is 1. The number of nitrogens with zero attached hydrogens (tertiary/aromatic N) is 4. The average Bonchev–Trinajstić information content (AvgIpc) is 3.37. The van der Waals surface area contributed by atoms with Crippen molar-refractivity contribution < 1.29 is 9.66 Å². The summed E-state index contributed by atoms with van der Waals surface area (Å²) in [7, 11) is 0. The Hall–Kier alpha value is -1.55. The summed E-state index contributed by atoms with van der Waals surface area (Å²) in [4.78, 5) is 15.5. The fourth-order valence-corrected chi connectivity index (χ4v) is 6.77. The number of aromatic nitrogens is 2. The number of benzene rings is 1. The molecule has 0 amide bonds. The molecule has 1 saturated carbocycles. The van der Waals surface area contributed by atoms with Crippen LogP contribution in [-0.2, 0) is 17.6 Å². The Morgan fingerprint density at radius 3 is 2.52 bits per heavy atom. The van der Waals surface area contributed by atoms with Crippen LogP contribution < -0.4 is 15.1 Å². The number of anilines is 3. The van der Waals surface area contributed by atoms with E-state index in [-0.39, 0.29) is 12.1 Å². The van der Waals surface area contributed by atoms with E-state index >= 15 is 0 Å². The summed E-state index contributed by atoms with van der Waals surface area (Å²) >= 11 is 2.46. The van der Waals surface area contributed by atoms with Gasteiger partial charge in [-0.05, 0) is 61.1 Å². The highest BCUT2D eigenvalue weighted by Gasteiger charge is 2.46. The fraction of sp³-hybridized carbons (Fsp3) is 0.545. The van der Waals surface area contributed by atoms with E-state index in [2.05, 4.69) is 55.3 Å². The highest BCUT2D eigenvalue weighted by molar-refractivity contribution is 9.10. The van der Waals surface area contributed by atoms with Crippen LogP contribution in [0.25, 0.3) is 0 Å². The van der Waals surface area contributed by atoms with Gasteiger partial charge in [0.25, 0.3) is 0 Å². The van der Waals surface area contributed by atoms with E-state index in [1.54, 1.807) is 0 Å². The van der Waals surface area contributed by atoms with E-state index in [1.807, 2.05) is 0 Å². The molecule has 2 aromatic rings. The first-order valence-electron chi connectivity index (χ1n) is 11.0. The summed E-state index contributed by atoms with van der Waals surface area (Å²) in [6, 6.07) is 9.28. The van der Waals surface area contributed by atoms with Crippen LogP contribution >= 0.6 is 15.9 Å². The maximum atomic E-state index is 12.6. The van der Waals surface area contributed by atoms with Crippen LogP contribution in [0.4, 0.5) is 17.5 Å². The number of rotatable bonds is 5. The van der Waals surface area contributed by atoms with Gasteiger partial charge in [-0.25, -0.2) is 4.98 Å². The number of fused-ring (bicyclic) bond motifs is 3. The van der Waals surface area contributed by atoms with Crippen LogP contribution in [-0.4, -0.2) is 62.7 Å². The van der Waals surface area contributed by atoms with E-state index in [0.717, 1.165) is 66.2 Å². The molecule has 3 unspecified atom stereocenters. The lowest BCUT2D eigenvalue weighted by molar-refractivity contribution is 0.265. The summed E-state index contributed by atoms with van der Waals surface area (Å²) in [6.45, 7) is 1.98. The van der Waals surface area contributed by atoms with Crippen molar-refractivity contribution in [2.75, 3.05) is 40.6 Å². The Morgan fingerprint density at radius 1 is 1.16 bits per heavy atom. The molecule has 4 aliphatic rings. The Kier molecular flexibility index (Phi) is 4.86. The van der Waals surface area contributed by atoms with Crippen molar-refractivity contribution in [3.05, 3.63) is 34.4 Å². The van der Waals surface area contributed by atoms with Gasteiger partial charge in [-0.3, -0.25) is 0 Å². The molecule has 3 atom stereocenters. The average molecular weight is 504 g/mol. The molecule has 164 valence electrons. The van der Waals surface area contributed by atoms with E-state index in [4.69, 9.17) is 9.97 Å². The lowest BCUT2D eigenvalue weighted by atomic mass is 10.1. The molecule has 1 aromatic carbocycles. The summed E-state index contributed by atoms with van der Waals surface area (Å²) in [6.07, 6.45) is 4.83. The quantitative estimate of drug-likeness (QED) is 0.606. The van der Waals surface area contributed by atoms with Crippen LogP contribution in [0, 0.1) is 0 Å². The van der Waals surface area contributed by atoms with E-state index < -0.39 is 11.2 Å². The number of aliphatic hydroxyl groups excluding tert-OH is 1. The molecule has 9 heteroatoms. The standard InChI is InChI=1S/C22H26BrN5O2S/c23-14-1-3-15(4-2-14)27-11-16-5-6-17(12-27)28(16)21-24-18-7-10-31(30)19(18)20(25-21)26-22(13-29)8-9-22/h1-4,16-17,29H,5-13H2,(H,24,25,26). The Labute approximate surface area is 193 Å². The van der Waals surface area contributed by atoms with Crippen molar-refractivity contribution >= 4 is 44.6 Å². The normalized spacial score (nSPS) is 28.0. The van der Waals surface area contributed by atoms with Crippen molar-refractivity contribution in [2.45, 2.75) is 54.6 Å². The molecule has 2 N–H and O–H groups in total. The zero-order chi connectivity index (χ0) is 21.2. The zero-order valence-electron chi connectivity index (χ0n) is 17.3. The minimum absolute atomic E-state index is 0.0743. The summed E-state index contributed by atoms with van der Waals surface area (Å²) in [5.74, 6) is 2.05. The fourth-order valence-electron chi connectivity index (χ4n) is 5.20. The van der Waals surface area contributed by atoms with Crippen molar-refractivity contribution in [1.82, 2.24) is 9.97 Å². The molecule has 31 heavy (non-hydrogen) atoms. The van der Waals surface area contributed by atoms with E-state index in [9.17, 15) is 9.66 Å². The van der Waals surface area contributed by atoms with Gasteiger partial charge in [-0.2, -0.15) is 4.98 Å². The molecular formula is C22H26BrN5O2S. The minimum Gasteiger partial charge on any atom is -0.611 e. The van der Waals surface area contributed by atoms with Crippen molar-refractivity contribution in [1.29, 1.82) is 0 Å². The number of aliphatic hydroxyl groups is 1. The molecule has 1 aromatic heterocycles. The third-order valence-electron chi connectivity index (χ3n) is 7.12. The molecular weight excluding hydrogens is 478 g/mol. The molecule has 3 fully saturated rings. The van der Waals surface area contributed by atoms with Gasteiger partial charge in [0.15, 0.2) is 5.82 Å². The first-order chi connectivity index (χ1) is 15.0. The molecule has 3 aliphatic heterocycles. The number of piperazine rings is 1. The summed E-state index contributed by atoms with van der Waals surface area (Å²) in [5, 5.41) is 13.2. The largest absolute Gasteiger partial charge is 0.611 e. The van der Waals surface area contributed by atoms with E-state index in [1.165, 1.54) is 5.69 Å². The van der Waals surface area contributed by atoms with Gasteiger partial charge in [0.05, 0.1) is 12.1 Å². The smallest absolute Gasteiger partial charge is 0.228 e. The highest BCUT2D eigenvalue weighted by Crippen LogP contribution is 2.43. The van der Waals surface area contributed by atoms with Gasteiger partial charge in [0.1, 0.15) is 11.4 Å². The third kappa shape index (κ3) is 3.50. The van der Waals surface area contributed by atoms with Crippen LogP contribution in [0.1, 0.15) is 31.4 Å². The Balaban J connectivity index is 1.31. The summed E-state index contributed by atoms with van der Waals surface area (Å²) < 4.78 is 13.7. The van der Waals surface area contributed by atoms with E-state index in [0.29, 0.717) is 23.7 Å². The third-order valence-corrected chi connectivity index (χ3v) is 9.11. The second kappa shape index (κ2) is 7.50. The lowest BCUT2D eigenvalue weighted by Crippen LogP contribution is -2.54. The lowest BCUT2D eigenvalue weighted by Gasteiger charge is -2.42. The van der Waals surface area contributed by atoms with Gasteiger partial charge in [0.2, 0.25) is 10.8 Å². The van der Waals surface area contributed by atoms with Crippen molar-refractivity contribution in [3.8, 4) is 0 Å². The number of aryl methyl sites for hydroxylation is 1. The predicted octanol–water partition coefficient (Wildman–Crippen LogP) is 2.70. The van der Waals surface area contributed by atoms with Gasteiger partial charge in [-0.15, -0.1) is 0 Å². The summed E-state index contributed by atoms with van der Waals surface area (Å²) in [5.41, 5.74) is 1.87. The van der Waals surface area contributed by atoms with Crippen LogP contribution in [0.5, 0.6) is 0 Å². The molecule has 0 radical (unpaired) electrons. The monoisotopic (exact) mass is 503 g/mol. The Morgan fingerprint density at radius 2 is 1.87 bits per heavy atom. The molecule has 2 bridgehead atoms. The molecule has 7 nitrogen and oxygen atoms in total. The number of hydrogen-bond donors (Lipinski definition) is 2. The highest BCUT2D eigenvalue weighted by atomic mass is 79.9. The van der Waals surface area contributed by atoms with Crippen LogP contribution in [0.3, 0.4) is 0 Å². The topological polar surface area (TPSA) is 87.6 Å². The predicted molar refractivity (Wildman–Crippen MR) is 125 cm³/mol. The molecule has 6 rings (SSSR count). The van der Waals surface area contributed by atoms with Gasteiger partial charge in [0, 0.05) is 41.8 Å². The van der Waals surface area contributed by atoms with Gasteiger partial charge in [-0.1, -0.05) is 15.9 Å².